The van der Waals surface area contributed by atoms with Crippen LogP contribution in [0.4, 0.5) is 0 Å². The highest BCUT2D eigenvalue weighted by atomic mass is 16.5. The molecule has 496 valence electrons. The average molecular weight is 1180 g/mol. The highest BCUT2D eigenvalue weighted by Gasteiger charge is 2.18. The van der Waals surface area contributed by atoms with Crippen LogP contribution in [0.1, 0.15) is 425 Å². The number of hydrogen-bond donors (Lipinski definition) is 3. The van der Waals surface area contributed by atoms with Crippen molar-refractivity contribution in [1.82, 2.24) is 5.32 Å². The van der Waals surface area contributed by atoms with E-state index in [0.29, 0.717) is 19.4 Å². The first kappa shape index (κ1) is 82.1. The van der Waals surface area contributed by atoms with Crippen molar-refractivity contribution in [3.63, 3.8) is 0 Å². The fourth-order valence-electron chi connectivity index (χ4n) is 12.1. The highest BCUT2D eigenvalue weighted by Crippen LogP contribution is 2.19. The second kappa shape index (κ2) is 73.5. The van der Waals surface area contributed by atoms with Crippen LogP contribution in [0.5, 0.6) is 0 Å². The van der Waals surface area contributed by atoms with Gasteiger partial charge in [0.05, 0.1) is 25.4 Å². The lowest BCUT2D eigenvalue weighted by molar-refractivity contribution is -0.143. The number of allylic oxidation sites excluding steroid dienone is 5. The van der Waals surface area contributed by atoms with Crippen LogP contribution in [0, 0.1) is 0 Å². The van der Waals surface area contributed by atoms with Gasteiger partial charge in [-0.15, -0.1) is 0 Å². The normalized spacial score (nSPS) is 12.7. The molecular weight excluding hydrogens is 1030 g/mol. The Bertz CT molecular complexity index is 1360. The summed E-state index contributed by atoms with van der Waals surface area (Å²) < 4.78 is 5.48. The molecule has 0 aliphatic heterocycles. The van der Waals surface area contributed by atoms with Crippen LogP contribution in [0.15, 0.2) is 36.5 Å². The van der Waals surface area contributed by atoms with Gasteiger partial charge in [-0.1, -0.05) is 384 Å². The standard InChI is InChI=1S/C78H149NO5/c1-3-5-7-9-11-13-15-17-18-19-20-21-22-32-35-38-41-44-47-50-54-58-62-66-70-76(81)75(74-80)79-77(82)71-67-63-59-55-51-48-45-42-39-36-33-30-28-26-24-23-25-27-29-31-34-37-40-43-46-49-53-57-61-65-69-73-84-78(83)72-68-64-60-56-52-16-14-12-10-8-6-4-2/h25,27,31,34,66,70,75-76,80-81H,3-24,26,28-30,32-33,35-65,67-69,71-74H2,1-2H3,(H,79,82)/b27-25-,34-31-,70-66+. The number of amides is 1. The molecule has 3 N–H and O–H groups in total. The maximum Gasteiger partial charge on any atom is 0.305 e. The van der Waals surface area contributed by atoms with Gasteiger partial charge in [-0.25, -0.2) is 0 Å². The van der Waals surface area contributed by atoms with E-state index in [-0.39, 0.29) is 18.5 Å². The molecule has 0 aromatic carbocycles. The average Bonchev–Trinajstić information content (AvgIpc) is 3.50. The van der Waals surface area contributed by atoms with Gasteiger partial charge in [-0.3, -0.25) is 9.59 Å². The zero-order valence-corrected chi connectivity index (χ0v) is 56.9. The van der Waals surface area contributed by atoms with Crippen molar-refractivity contribution in [1.29, 1.82) is 0 Å². The first-order valence-electron chi connectivity index (χ1n) is 38.3. The van der Waals surface area contributed by atoms with Crippen LogP contribution in [0.25, 0.3) is 0 Å². The van der Waals surface area contributed by atoms with Crippen molar-refractivity contribution < 1.29 is 24.5 Å². The summed E-state index contributed by atoms with van der Waals surface area (Å²) in [5.41, 5.74) is 0. The molecule has 0 heterocycles. The predicted octanol–water partition coefficient (Wildman–Crippen LogP) is 25.0. The molecule has 0 aromatic heterocycles. The lowest BCUT2D eigenvalue weighted by Gasteiger charge is -2.20. The maximum atomic E-state index is 12.5. The van der Waals surface area contributed by atoms with Gasteiger partial charge in [0.1, 0.15) is 0 Å². The van der Waals surface area contributed by atoms with Gasteiger partial charge in [-0.2, -0.15) is 0 Å². The number of carbonyl (C=O) groups excluding carboxylic acids is 2. The molecular formula is C78H149NO5. The van der Waals surface area contributed by atoms with Crippen molar-refractivity contribution in [2.24, 2.45) is 0 Å². The minimum absolute atomic E-state index is 0.0142. The van der Waals surface area contributed by atoms with Gasteiger partial charge in [0.25, 0.3) is 0 Å². The molecule has 0 radical (unpaired) electrons. The van der Waals surface area contributed by atoms with Crippen LogP contribution in [-0.2, 0) is 14.3 Å². The summed E-state index contributed by atoms with van der Waals surface area (Å²) in [6.45, 7) is 4.94. The molecule has 0 bridgehead atoms. The smallest absolute Gasteiger partial charge is 0.305 e. The number of ether oxygens (including phenoxy) is 1. The molecule has 6 heteroatoms. The van der Waals surface area contributed by atoms with Crippen LogP contribution in [0.3, 0.4) is 0 Å². The molecule has 1 amide bonds. The van der Waals surface area contributed by atoms with E-state index < -0.39 is 12.1 Å². The van der Waals surface area contributed by atoms with Crippen molar-refractivity contribution in [3.8, 4) is 0 Å². The Morgan fingerprint density at radius 2 is 0.595 bits per heavy atom. The summed E-state index contributed by atoms with van der Waals surface area (Å²) in [4.78, 5) is 24.6. The largest absolute Gasteiger partial charge is 0.466 e. The molecule has 2 atom stereocenters. The lowest BCUT2D eigenvalue weighted by Crippen LogP contribution is -2.45. The molecule has 6 nitrogen and oxygen atoms in total. The molecule has 0 fully saturated rings. The van der Waals surface area contributed by atoms with Gasteiger partial charge in [-0.05, 0) is 64.2 Å². The summed E-state index contributed by atoms with van der Waals surface area (Å²) in [6, 6.07) is -0.629. The number of unbranched alkanes of at least 4 members (excludes halogenated alkanes) is 57. The van der Waals surface area contributed by atoms with Crippen molar-refractivity contribution >= 4 is 11.9 Å². The van der Waals surface area contributed by atoms with E-state index in [4.69, 9.17) is 4.74 Å². The van der Waals surface area contributed by atoms with Crippen LogP contribution in [-0.4, -0.2) is 47.4 Å². The van der Waals surface area contributed by atoms with E-state index in [1.807, 2.05) is 6.08 Å². The Morgan fingerprint density at radius 3 is 0.905 bits per heavy atom. The number of aliphatic hydroxyl groups is 2. The molecule has 0 rings (SSSR count). The van der Waals surface area contributed by atoms with Gasteiger partial charge >= 0.3 is 5.97 Å². The zero-order chi connectivity index (χ0) is 60.6. The summed E-state index contributed by atoms with van der Waals surface area (Å²) >= 11 is 0. The minimum atomic E-state index is -0.846. The molecule has 0 aliphatic carbocycles. The second-order valence-electron chi connectivity index (χ2n) is 26.3. The molecule has 2 unspecified atom stereocenters. The Hall–Kier alpha value is -1.92. The van der Waals surface area contributed by atoms with Crippen LogP contribution in [0.2, 0.25) is 0 Å². The lowest BCUT2D eigenvalue weighted by atomic mass is 10.0. The molecule has 0 spiro atoms. The quantitative estimate of drug-likeness (QED) is 0.0320. The minimum Gasteiger partial charge on any atom is -0.466 e. The maximum absolute atomic E-state index is 12.5. The number of esters is 1. The van der Waals surface area contributed by atoms with E-state index >= 15 is 0 Å². The van der Waals surface area contributed by atoms with E-state index in [2.05, 4.69) is 43.5 Å². The molecule has 84 heavy (non-hydrogen) atoms. The molecule has 0 aromatic rings. The Morgan fingerprint density at radius 1 is 0.333 bits per heavy atom. The molecule has 0 saturated heterocycles. The van der Waals surface area contributed by atoms with E-state index in [1.54, 1.807) is 6.08 Å². The molecule has 0 saturated carbocycles. The highest BCUT2D eigenvalue weighted by molar-refractivity contribution is 5.76. The van der Waals surface area contributed by atoms with Gasteiger partial charge in [0.2, 0.25) is 5.91 Å². The van der Waals surface area contributed by atoms with Gasteiger partial charge < -0.3 is 20.3 Å². The fourth-order valence-corrected chi connectivity index (χ4v) is 12.1. The van der Waals surface area contributed by atoms with Gasteiger partial charge in [0, 0.05) is 12.8 Å². The van der Waals surface area contributed by atoms with E-state index in [9.17, 15) is 19.8 Å². The number of aliphatic hydroxyl groups excluding tert-OH is 2. The first-order chi connectivity index (χ1) is 41.5. The van der Waals surface area contributed by atoms with Crippen molar-refractivity contribution in [2.45, 2.75) is 437 Å². The number of rotatable bonds is 72. The summed E-state index contributed by atoms with van der Waals surface area (Å²) in [5.74, 6) is -0.0485. The fraction of sp³-hybridized carbons (Fsp3) is 0.897. The Labute approximate surface area is 525 Å². The van der Waals surface area contributed by atoms with E-state index in [0.717, 1.165) is 44.9 Å². The third kappa shape index (κ3) is 69.2. The summed E-state index contributed by atoms with van der Waals surface area (Å²) in [7, 11) is 0. The summed E-state index contributed by atoms with van der Waals surface area (Å²) in [5, 5.41) is 23.3. The molecule has 0 aliphatic rings. The zero-order valence-electron chi connectivity index (χ0n) is 56.9. The monoisotopic (exact) mass is 1180 g/mol. The number of carbonyl (C=O) groups is 2. The number of nitrogens with one attached hydrogen (secondary N) is 1. The third-order valence-electron chi connectivity index (χ3n) is 17.9. The SMILES string of the molecule is CCCCCCCCCCCCCCCCCCCCCCCC/C=C/C(O)C(CO)NC(=O)CCCCCCCCCCCCCCCCC/C=C\C/C=C\CCCCCCCCCCCOC(=O)CCCCCCCCCCCCCC. The summed E-state index contributed by atoms with van der Waals surface area (Å²) in [6.07, 6.45) is 95.4. The van der Waals surface area contributed by atoms with E-state index in [1.165, 1.54) is 353 Å². The number of hydrogen-bond acceptors (Lipinski definition) is 5. The van der Waals surface area contributed by atoms with Crippen molar-refractivity contribution in [3.05, 3.63) is 36.5 Å². The second-order valence-corrected chi connectivity index (χ2v) is 26.3. The van der Waals surface area contributed by atoms with Crippen LogP contribution >= 0.6 is 0 Å². The van der Waals surface area contributed by atoms with Crippen LogP contribution < -0.4 is 5.32 Å². The predicted molar refractivity (Wildman–Crippen MR) is 370 cm³/mol. The third-order valence-corrected chi connectivity index (χ3v) is 17.9. The first-order valence-corrected chi connectivity index (χ1v) is 38.3. The topological polar surface area (TPSA) is 95.9 Å². The van der Waals surface area contributed by atoms with Crippen molar-refractivity contribution in [2.75, 3.05) is 13.2 Å². The Balaban J connectivity index is 3.42. The van der Waals surface area contributed by atoms with Gasteiger partial charge in [0.15, 0.2) is 0 Å². The Kier molecular flexibility index (Phi) is 71.9.